The number of hydrogen-bond acceptors (Lipinski definition) is 7. The average Bonchev–Trinajstić information content (AvgIpc) is 2.65. The van der Waals surface area contributed by atoms with Gasteiger partial charge in [-0.2, -0.15) is 4.98 Å². The smallest absolute Gasteiger partial charge is 0.347 e. The average molecular weight is 370 g/mol. The summed E-state index contributed by atoms with van der Waals surface area (Å²) >= 11 is 0. The molecule has 2 aromatic heterocycles. The van der Waals surface area contributed by atoms with E-state index in [1.807, 2.05) is 37.3 Å². The molecule has 0 aliphatic carbocycles. The van der Waals surface area contributed by atoms with Crippen molar-refractivity contribution >= 4 is 17.1 Å². The molecular formula is C19H18N2O6. The number of aromatic nitrogens is 2. The number of fused-ring (bicyclic) bond motifs is 1. The van der Waals surface area contributed by atoms with Gasteiger partial charge in [0.15, 0.2) is 6.10 Å². The normalized spacial score (nSPS) is 11.9. The van der Waals surface area contributed by atoms with Gasteiger partial charge in [0.1, 0.15) is 12.0 Å². The number of esters is 1. The van der Waals surface area contributed by atoms with Crippen molar-refractivity contribution in [3.05, 3.63) is 68.3 Å². The zero-order valence-electron chi connectivity index (χ0n) is 14.9. The van der Waals surface area contributed by atoms with Crippen LogP contribution in [0.5, 0.6) is 6.01 Å². The molecule has 0 fully saturated rings. The molecule has 0 bridgehead atoms. The molecule has 2 heterocycles. The number of nitrogens with one attached hydrogen (secondary N) is 1. The van der Waals surface area contributed by atoms with Crippen molar-refractivity contribution < 1.29 is 18.7 Å². The lowest BCUT2D eigenvalue weighted by atomic mass is 10.1. The van der Waals surface area contributed by atoms with Crippen LogP contribution in [0.15, 0.2) is 50.4 Å². The lowest BCUT2D eigenvalue weighted by molar-refractivity contribution is -0.152. The third-order valence-corrected chi connectivity index (χ3v) is 3.90. The van der Waals surface area contributed by atoms with Gasteiger partial charge in [0.25, 0.3) is 5.56 Å². The molecule has 0 saturated carbocycles. The van der Waals surface area contributed by atoms with Crippen LogP contribution in [0.2, 0.25) is 0 Å². The standard InChI is InChI=1S/C19H18N2O6/c1-3-13-9-14(22)27-17-15(13)16(23)20-19(21-17)26-11(2)18(24)25-10-12-7-5-4-6-8-12/h4-9,11H,3,10H2,1-2H3,(H,20,21,23)/t11-/m1/s1. The highest BCUT2D eigenvalue weighted by molar-refractivity contribution is 5.76. The minimum absolute atomic E-state index is 0.101. The van der Waals surface area contributed by atoms with Crippen LogP contribution in [0.1, 0.15) is 25.0 Å². The number of H-pyrrole nitrogens is 1. The second-order valence-corrected chi connectivity index (χ2v) is 5.85. The molecule has 0 amide bonds. The monoisotopic (exact) mass is 370 g/mol. The molecule has 8 nitrogen and oxygen atoms in total. The van der Waals surface area contributed by atoms with Crippen molar-refractivity contribution in [1.82, 2.24) is 9.97 Å². The molecule has 8 heteroatoms. The Kier molecular flexibility index (Phi) is 5.35. The van der Waals surface area contributed by atoms with E-state index in [-0.39, 0.29) is 23.7 Å². The van der Waals surface area contributed by atoms with E-state index in [1.165, 1.54) is 13.0 Å². The largest absolute Gasteiger partial charge is 0.458 e. The highest BCUT2D eigenvalue weighted by Gasteiger charge is 2.19. The number of aromatic amines is 1. The van der Waals surface area contributed by atoms with E-state index in [1.54, 1.807) is 0 Å². The summed E-state index contributed by atoms with van der Waals surface area (Å²) in [6.07, 6.45) is -0.551. The zero-order valence-corrected chi connectivity index (χ0v) is 14.9. The molecule has 0 aliphatic heterocycles. The van der Waals surface area contributed by atoms with Gasteiger partial charge in [-0.1, -0.05) is 37.3 Å². The number of rotatable bonds is 6. The van der Waals surface area contributed by atoms with Gasteiger partial charge in [0.2, 0.25) is 5.71 Å². The Labute approximate surface area is 153 Å². The molecule has 1 aromatic carbocycles. The number of hydrogen-bond donors (Lipinski definition) is 1. The molecule has 0 radical (unpaired) electrons. The summed E-state index contributed by atoms with van der Waals surface area (Å²) < 4.78 is 15.5. The highest BCUT2D eigenvalue weighted by atomic mass is 16.6. The number of nitrogens with zero attached hydrogens (tertiary/aromatic N) is 1. The minimum atomic E-state index is -1.02. The Morgan fingerprint density at radius 3 is 2.70 bits per heavy atom. The summed E-state index contributed by atoms with van der Waals surface area (Å²) in [5.74, 6) is -0.620. The summed E-state index contributed by atoms with van der Waals surface area (Å²) in [5.41, 5.74) is 0.100. The van der Waals surface area contributed by atoms with Crippen molar-refractivity contribution in [3.63, 3.8) is 0 Å². The van der Waals surface area contributed by atoms with Crippen LogP contribution < -0.4 is 15.9 Å². The summed E-state index contributed by atoms with van der Waals surface area (Å²) in [5, 5.41) is 0.184. The molecular weight excluding hydrogens is 352 g/mol. The summed E-state index contributed by atoms with van der Waals surface area (Å²) in [6, 6.07) is 10.2. The molecule has 1 atom stereocenters. The Bertz CT molecular complexity index is 1070. The van der Waals surface area contributed by atoms with Gasteiger partial charge in [-0.25, -0.2) is 9.59 Å². The van der Waals surface area contributed by atoms with Gasteiger partial charge < -0.3 is 13.9 Å². The maximum absolute atomic E-state index is 12.3. The van der Waals surface area contributed by atoms with Crippen LogP contribution in [-0.2, 0) is 22.6 Å². The van der Waals surface area contributed by atoms with E-state index in [9.17, 15) is 14.4 Å². The SMILES string of the molecule is CCc1cc(=O)oc2nc(O[C@H](C)C(=O)OCc3ccccc3)[nH]c(=O)c12. The number of ether oxygens (including phenoxy) is 2. The minimum Gasteiger partial charge on any atom is -0.458 e. The van der Waals surface area contributed by atoms with Crippen LogP contribution in [0.4, 0.5) is 0 Å². The third-order valence-electron chi connectivity index (χ3n) is 3.90. The Morgan fingerprint density at radius 1 is 1.26 bits per heavy atom. The molecule has 0 spiro atoms. The topological polar surface area (TPSA) is 111 Å². The molecule has 3 aromatic rings. The van der Waals surface area contributed by atoms with Gasteiger partial charge in [-0.3, -0.25) is 9.78 Å². The molecule has 0 saturated heterocycles. The van der Waals surface area contributed by atoms with Crippen LogP contribution >= 0.6 is 0 Å². The first-order valence-electron chi connectivity index (χ1n) is 8.42. The summed E-state index contributed by atoms with van der Waals surface area (Å²) in [6.45, 7) is 3.38. The van der Waals surface area contributed by atoms with Crippen LogP contribution in [-0.4, -0.2) is 22.0 Å². The summed E-state index contributed by atoms with van der Waals surface area (Å²) in [7, 11) is 0. The fourth-order valence-electron chi connectivity index (χ4n) is 2.53. The predicted molar refractivity (Wildman–Crippen MR) is 96.6 cm³/mol. The third kappa shape index (κ3) is 4.22. The van der Waals surface area contributed by atoms with Crippen molar-refractivity contribution in [1.29, 1.82) is 0 Å². The van der Waals surface area contributed by atoms with Crippen molar-refractivity contribution in [2.24, 2.45) is 0 Å². The van der Waals surface area contributed by atoms with Crippen molar-refractivity contribution in [2.45, 2.75) is 33.0 Å². The first-order valence-corrected chi connectivity index (χ1v) is 8.42. The second-order valence-electron chi connectivity index (χ2n) is 5.85. The van der Waals surface area contributed by atoms with E-state index < -0.39 is 23.3 Å². The van der Waals surface area contributed by atoms with Gasteiger partial charge in [0.05, 0.1) is 0 Å². The molecule has 27 heavy (non-hydrogen) atoms. The molecule has 3 rings (SSSR count). The fourth-order valence-corrected chi connectivity index (χ4v) is 2.53. The quantitative estimate of drug-likeness (QED) is 0.660. The van der Waals surface area contributed by atoms with Crippen LogP contribution in [0.25, 0.3) is 11.1 Å². The number of carbonyl (C=O) groups excluding carboxylic acids is 1. The summed E-state index contributed by atoms with van der Waals surface area (Å²) in [4.78, 5) is 42.4. The number of benzene rings is 1. The Hall–Kier alpha value is -3.42. The van der Waals surface area contributed by atoms with E-state index in [0.29, 0.717) is 12.0 Å². The molecule has 0 aliphatic rings. The lowest BCUT2D eigenvalue weighted by Gasteiger charge is -2.13. The first-order chi connectivity index (χ1) is 13.0. The van der Waals surface area contributed by atoms with Gasteiger partial charge >= 0.3 is 17.6 Å². The second kappa shape index (κ2) is 7.86. The van der Waals surface area contributed by atoms with Gasteiger partial charge in [-0.05, 0) is 24.5 Å². The van der Waals surface area contributed by atoms with Crippen LogP contribution in [0, 0.1) is 0 Å². The van der Waals surface area contributed by atoms with Crippen LogP contribution in [0.3, 0.4) is 0 Å². The Morgan fingerprint density at radius 2 is 2.00 bits per heavy atom. The zero-order chi connectivity index (χ0) is 19.4. The van der Waals surface area contributed by atoms with Crippen molar-refractivity contribution in [2.75, 3.05) is 0 Å². The molecule has 0 unspecified atom stereocenters. The maximum atomic E-state index is 12.3. The van der Waals surface area contributed by atoms with E-state index in [0.717, 1.165) is 5.56 Å². The lowest BCUT2D eigenvalue weighted by Crippen LogP contribution is -2.28. The number of aryl methyl sites for hydroxylation is 1. The highest BCUT2D eigenvalue weighted by Crippen LogP contribution is 2.14. The first kappa shape index (κ1) is 18.4. The fraction of sp³-hybridized carbons (Fsp3) is 0.263. The van der Waals surface area contributed by atoms with E-state index >= 15 is 0 Å². The maximum Gasteiger partial charge on any atom is 0.347 e. The van der Waals surface area contributed by atoms with E-state index in [4.69, 9.17) is 13.9 Å². The van der Waals surface area contributed by atoms with Gasteiger partial charge in [-0.15, -0.1) is 0 Å². The van der Waals surface area contributed by atoms with Crippen molar-refractivity contribution in [3.8, 4) is 6.01 Å². The van der Waals surface area contributed by atoms with E-state index in [2.05, 4.69) is 9.97 Å². The molecule has 140 valence electrons. The Balaban J connectivity index is 1.76. The van der Waals surface area contributed by atoms with Gasteiger partial charge in [0, 0.05) is 6.07 Å². The predicted octanol–water partition coefficient (Wildman–Crippen LogP) is 1.95. The number of carbonyl (C=O) groups is 1. The molecule has 1 N–H and O–H groups in total.